The number of hydrogen-bond donors (Lipinski definition) is 1. The maximum Gasteiger partial charge on any atom is 0.243 e. The fourth-order valence-corrected chi connectivity index (χ4v) is 5.36. The first-order chi connectivity index (χ1) is 15.9. The number of para-hydroxylation sites is 1. The molecule has 0 saturated carbocycles. The van der Waals surface area contributed by atoms with Crippen molar-refractivity contribution in [3.8, 4) is 11.1 Å². The third kappa shape index (κ3) is 5.65. The molecule has 1 aliphatic heterocycles. The Labute approximate surface area is 193 Å². The Hall–Kier alpha value is -3.07. The topological polar surface area (TPSA) is 69.7 Å². The van der Waals surface area contributed by atoms with Crippen LogP contribution in [0.1, 0.15) is 6.42 Å². The summed E-state index contributed by atoms with van der Waals surface area (Å²) in [5.74, 6) is -0.664. The maximum absolute atomic E-state index is 13.5. The Bertz CT molecular complexity index is 1210. The molecular formula is C25H26FN3O3S. The van der Waals surface area contributed by atoms with Gasteiger partial charge in [0.05, 0.1) is 4.90 Å². The lowest BCUT2D eigenvalue weighted by atomic mass is 10.0. The second kappa shape index (κ2) is 10.2. The van der Waals surface area contributed by atoms with Gasteiger partial charge in [-0.25, -0.2) is 12.8 Å². The van der Waals surface area contributed by atoms with Crippen molar-refractivity contribution >= 4 is 21.6 Å². The van der Waals surface area contributed by atoms with Crippen LogP contribution in [0.5, 0.6) is 0 Å². The van der Waals surface area contributed by atoms with E-state index in [9.17, 15) is 17.6 Å². The highest BCUT2D eigenvalue weighted by atomic mass is 32.2. The van der Waals surface area contributed by atoms with Crippen LogP contribution in [0.25, 0.3) is 11.1 Å². The van der Waals surface area contributed by atoms with Gasteiger partial charge in [0.15, 0.2) is 0 Å². The molecule has 1 heterocycles. The highest BCUT2D eigenvalue weighted by molar-refractivity contribution is 7.89. The molecule has 1 saturated heterocycles. The van der Waals surface area contributed by atoms with Crippen molar-refractivity contribution in [1.29, 1.82) is 0 Å². The number of halogens is 1. The lowest BCUT2D eigenvalue weighted by Gasteiger charge is -2.33. The van der Waals surface area contributed by atoms with Gasteiger partial charge in [-0.05, 0) is 29.8 Å². The minimum atomic E-state index is -3.72. The van der Waals surface area contributed by atoms with Gasteiger partial charge < -0.3 is 10.2 Å². The van der Waals surface area contributed by atoms with Gasteiger partial charge in [0.2, 0.25) is 15.9 Å². The number of sulfonamides is 1. The molecule has 1 N–H and O–H groups in total. The first-order valence-electron chi connectivity index (χ1n) is 10.9. The van der Waals surface area contributed by atoms with E-state index in [2.05, 4.69) is 10.2 Å². The zero-order valence-corrected chi connectivity index (χ0v) is 19.0. The molecule has 0 aromatic heterocycles. The number of carbonyl (C=O) groups excluding carboxylic acids is 1. The molecule has 3 aromatic carbocycles. The smallest absolute Gasteiger partial charge is 0.243 e. The number of hydrogen-bond acceptors (Lipinski definition) is 4. The van der Waals surface area contributed by atoms with E-state index < -0.39 is 15.8 Å². The molecular weight excluding hydrogens is 441 g/mol. The van der Waals surface area contributed by atoms with Crippen LogP contribution in [0.4, 0.5) is 10.1 Å². The number of piperazine rings is 1. The fraction of sp³-hybridized carbons (Fsp3) is 0.240. The molecule has 6 nitrogen and oxygen atoms in total. The van der Waals surface area contributed by atoms with Gasteiger partial charge in [-0.1, -0.05) is 54.6 Å². The molecule has 172 valence electrons. The molecule has 0 radical (unpaired) electrons. The number of rotatable bonds is 7. The minimum Gasteiger partial charge on any atom is -0.325 e. The van der Waals surface area contributed by atoms with Crippen LogP contribution in [0.15, 0.2) is 83.8 Å². The second-order valence-corrected chi connectivity index (χ2v) is 9.85. The predicted octanol–water partition coefficient (Wildman–Crippen LogP) is 3.83. The van der Waals surface area contributed by atoms with Crippen LogP contribution in [-0.4, -0.2) is 56.3 Å². The van der Waals surface area contributed by atoms with Gasteiger partial charge in [0, 0.05) is 50.4 Å². The molecule has 1 aliphatic rings. The predicted molar refractivity (Wildman–Crippen MR) is 127 cm³/mol. The normalized spacial score (nSPS) is 15.3. The van der Waals surface area contributed by atoms with Crippen LogP contribution in [0.2, 0.25) is 0 Å². The van der Waals surface area contributed by atoms with Crippen LogP contribution in [-0.2, 0) is 14.8 Å². The largest absolute Gasteiger partial charge is 0.325 e. The number of anilines is 1. The Morgan fingerprint density at radius 1 is 0.879 bits per heavy atom. The number of benzene rings is 3. The Morgan fingerprint density at radius 2 is 1.58 bits per heavy atom. The van der Waals surface area contributed by atoms with Crippen molar-refractivity contribution in [1.82, 2.24) is 9.21 Å². The summed E-state index contributed by atoms with van der Waals surface area (Å²) in [5.41, 5.74) is 2.76. The molecule has 8 heteroatoms. The van der Waals surface area contributed by atoms with Gasteiger partial charge in [-0.3, -0.25) is 4.79 Å². The van der Waals surface area contributed by atoms with Crippen LogP contribution >= 0.6 is 0 Å². The van der Waals surface area contributed by atoms with Gasteiger partial charge in [-0.15, -0.1) is 0 Å². The van der Waals surface area contributed by atoms with E-state index in [4.69, 9.17) is 0 Å². The van der Waals surface area contributed by atoms with Crippen molar-refractivity contribution in [2.45, 2.75) is 11.3 Å². The van der Waals surface area contributed by atoms with Crippen molar-refractivity contribution in [2.75, 3.05) is 38.0 Å². The number of nitrogens with zero attached hydrogens (tertiary/aromatic N) is 2. The lowest BCUT2D eigenvalue weighted by Crippen LogP contribution is -2.49. The fourth-order valence-electron chi connectivity index (χ4n) is 3.90. The standard InChI is InChI=1S/C25H26FN3O3S/c26-21-9-6-10-22(19-21)33(31,32)29-17-15-28(16-18-29)14-13-25(30)27-24-12-5-4-11-23(24)20-7-2-1-3-8-20/h1-12,19H,13-18H2,(H,27,30). The highest BCUT2D eigenvalue weighted by Crippen LogP contribution is 2.27. The van der Waals surface area contributed by atoms with Crippen molar-refractivity contribution in [3.05, 3.63) is 84.7 Å². The summed E-state index contributed by atoms with van der Waals surface area (Å²) < 4.78 is 40.3. The molecule has 0 bridgehead atoms. The molecule has 1 fully saturated rings. The number of amides is 1. The molecule has 0 unspecified atom stereocenters. The number of nitrogens with one attached hydrogen (secondary N) is 1. The van der Waals surface area contributed by atoms with E-state index in [0.29, 0.717) is 39.1 Å². The summed E-state index contributed by atoms with van der Waals surface area (Å²) in [7, 11) is -3.72. The minimum absolute atomic E-state index is 0.0348. The summed E-state index contributed by atoms with van der Waals surface area (Å²) in [6, 6.07) is 22.6. The van der Waals surface area contributed by atoms with Crippen LogP contribution in [0, 0.1) is 5.82 Å². The average molecular weight is 468 g/mol. The van der Waals surface area contributed by atoms with Crippen LogP contribution in [0.3, 0.4) is 0 Å². The van der Waals surface area contributed by atoms with E-state index in [1.54, 1.807) is 0 Å². The molecule has 0 atom stereocenters. The third-order valence-corrected chi connectivity index (χ3v) is 7.60. The molecule has 33 heavy (non-hydrogen) atoms. The van der Waals surface area contributed by atoms with Gasteiger partial charge in [0.25, 0.3) is 0 Å². The van der Waals surface area contributed by atoms with Crippen molar-refractivity contribution in [3.63, 3.8) is 0 Å². The average Bonchev–Trinajstić information content (AvgIpc) is 2.84. The first kappa shape index (κ1) is 23.1. The maximum atomic E-state index is 13.5. The van der Waals surface area contributed by atoms with Gasteiger partial charge in [0.1, 0.15) is 5.82 Å². The molecule has 0 spiro atoms. The first-order valence-corrected chi connectivity index (χ1v) is 12.3. The SMILES string of the molecule is O=C(CCN1CCN(S(=O)(=O)c2cccc(F)c2)CC1)Nc1ccccc1-c1ccccc1. The van der Waals surface area contributed by atoms with Crippen molar-refractivity contribution < 1.29 is 17.6 Å². The molecule has 4 rings (SSSR count). The lowest BCUT2D eigenvalue weighted by molar-refractivity contribution is -0.116. The Kier molecular flexibility index (Phi) is 7.17. The Morgan fingerprint density at radius 3 is 2.30 bits per heavy atom. The summed E-state index contributed by atoms with van der Waals surface area (Å²) in [4.78, 5) is 14.6. The van der Waals surface area contributed by atoms with Gasteiger partial charge >= 0.3 is 0 Å². The highest BCUT2D eigenvalue weighted by Gasteiger charge is 2.28. The molecule has 1 amide bonds. The summed E-state index contributed by atoms with van der Waals surface area (Å²) in [5, 5.41) is 3.00. The van der Waals surface area contributed by atoms with E-state index in [1.165, 1.54) is 22.5 Å². The van der Waals surface area contributed by atoms with E-state index >= 15 is 0 Å². The summed E-state index contributed by atoms with van der Waals surface area (Å²) >= 11 is 0. The number of carbonyl (C=O) groups is 1. The van der Waals surface area contributed by atoms with E-state index in [1.807, 2.05) is 54.6 Å². The quantitative estimate of drug-likeness (QED) is 0.574. The summed E-state index contributed by atoms with van der Waals surface area (Å²) in [6.45, 7) is 2.17. The van der Waals surface area contributed by atoms with E-state index in [-0.39, 0.29) is 10.8 Å². The monoisotopic (exact) mass is 467 g/mol. The molecule has 3 aromatic rings. The zero-order valence-electron chi connectivity index (χ0n) is 18.2. The Balaban J connectivity index is 1.30. The second-order valence-electron chi connectivity index (χ2n) is 7.91. The van der Waals surface area contributed by atoms with Crippen molar-refractivity contribution in [2.24, 2.45) is 0 Å². The van der Waals surface area contributed by atoms with Crippen LogP contribution < -0.4 is 5.32 Å². The summed E-state index contributed by atoms with van der Waals surface area (Å²) in [6.07, 6.45) is 0.305. The van der Waals surface area contributed by atoms with Gasteiger partial charge in [-0.2, -0.15) is 4.31 Å². The van der Waals surface area contributed by atoms with E-state index in [0.717, 1.165) is 22.9 Å². The zero-order chi connectivity index (χ0) is 23.3. The third-order valence-electron chi connectivity index (χ3n) is 5.71. The molecule has 0 aliphatic carbocycles.